The van der Waals surface area contributed by atoms with E-state index in [4.69, 9.17) is 4.74 Å². The molecule has 1 aliphatic rings. The van der Waals surface area contributed by atoms with Crippen LogP contribution in [0.4, 0.5) is 0 Å². The summed E-state index contributed by atoms with van der Waals surface area (Å²) < 4.78 is 5.09. The number of phenols is 1. The van der Waals surface area contributed by atoms with Crippen molar-refractivity contribution in [1.82, 2.24) is 4.90 Å². The van der Waals surface area contributed by atoms with E-state index in [1.54, 1.807) is 13.2 Å². The number of ether oxygens (including phenoxy) is 1. The van der Waals surface area contributed by atoms with Crippen LogP contribution in [-0.4, -0.2) is 36.8 Å². The van der Waals surface area contributed by atoms with Crippen molar-refractivity contribution in [3.63, 3.8) is 0 Å². The minimum atomic E-state index is 0.215. The quantitative estimate of drug-likeness (QED) is 0.844. The number of benzene rings is 1. The number of likely N-dealkylation sites (tertiary alicyclic amines) is 1. The Bertz CT molecular complexity index is 346. The molecular formula is C13H19NO2. The van der Waals surface area contributed by atoms with Crippen LogP contribution in [-0.2, 0) is 6.42 Å². The van der Waals surface area contributed by atoms with E-state index < -0.39 is 0 Å². The third-order valence-corrected chi connectivity index (χ3v) is 3.16. The first-order chi connectivity index (χ1) is 7.79. The minimum Gasteiger partial charge on any atom is -0.504 e. The summed E-state index contributed by atoms with van der Waals surface area (Å²) in [5.41, 5.74) is 1.22. The Morgan fingerprint density at radius 1 is 1.31 bits per heavy atom. The van der Waals surface area contributed by atoms with Crippen LogP contribution in [0.5, 0.6) is 11.5 Å². The number of hydrogen-bond donors (Lipinski definition) is 1. The Morgan fingerprint density at radius 2 is 2.06 bits per heavy atom. The summed E-state index contributed by atoms with van der Waals surface area (Å²) in [6.45, 7) is 3.57. The number of phenolic OH excluding ortho intramolecular Hbond substituents is 1. The van der Waals surface area contributed by atoms with Crippen molar-refractivity contribution in [3.8, 4) is 11.5 Å². The fraction of sp³-hybridized carbons (Fsp3) is 0.538. The van der Waals surface area contributed by atoms with Crippen LogP contribution in [0.2, 0.25) is 0 Å². The lowest BCUT2D eigenvalue weighted by Gasteiger charge is -2.14. The van der Waals surface area contributed by atoms with Crippen LogP contribution in [0.3, 0.4) is 0 Å². The summed E-state index contributed by atoms with van der Waals surface area (Å²) >= 11 is 0. The maximum Gasteiger partial charge on any atom is 0.160 e. The van der Waals surface area contributed by atoms with Crippen molar-refractivity contribution in [1.29, 1.82) is 0 Å². The number of aromatic hydroxyl groups is 1. The first-order valence-electron chi connectivity index (χ1n) is 5.88. The largest absolute Gasteiger partial charge is 0.504 e. The lowest BCUT2D eigenvalue weighted by molar-refractivity contribution is 0.342. The van der Waals surface area contributed by atoms with Gasteiger partial charge in [0.1, 0.15) is 0 Å². The van der Waals surface area contributed by atoms with Gasteiger partial charge in [-0.25, -0.2) is 0 Å². The second-order valence-corrected chi connectivity index (χ2v) is 4.30. The van der Waals surface area contributed by atoms with E-state index in [1.807, 2.05) is 12.1 Å². The fourth-order valence-electron chi connectivity index (χ4n) is 2.17. The zero-order valence-electron chi connectivity index (χ0n) is 9.78. The smallest absolute Gasteiger partial charge is 0.160 e. The van der Waals surface area contributed by atoms with Gasteiger partial charge in [0.25, 0.3) is 0 Å². The number of rotatable bonds is 4. The van der Waals surface area contributed by atoms with Gasteiger partial charge < -0.3 is 14.7 Å². The average Bonchev–Trinajstić information content (AvgIpc) is 2.81. The lowest BCUT2D eigenvalue weighted by atomic mass is 10.1. The monoisotopic (exact) mass is 221 g/mol. The number of nitrogens with zero attached hydrogens (tertiary/aromatic N) is 1. The van der Waals surface area contributed by atoms with Gasteiger partial charge in [0.05, 0.1) is 7.11 Å². The van der Waals surface area contributed by atoms with Crippen LogP contribution in [0.25, 0.3) is 0 Å². The summed E-state index contributed by atoms with van der Waals surface area (Å²) in [7, 11) is 1.58. The van der Waals surface area contributed by atoms with Gasteiger partial charge in [0.2, 0.25) is 0 Å². The second kappa shape index (κ2) is 5.21. The Hall–Kier alpha value is -1.22. The molecule has 0 bridgehead atoms. The maximum absolute atomic E-state index is 9.48. The molecule has 3 nitrogen and oxygen atoms in total. The summed E-state index contributed by atoms with van der Waals surface area (Å²) in [5, 5.41) is 9.48. The van der Waals surface area contributed by atoms with Crippen molar-refractivity contribution in [2.24, 2.45) is 0 Å². The van der Waals surface area contributed by atoms with Crippen LogP contribution in [0.15, 0.2) is 18.2 Å². The molecule has 0 unspecified atom stereocenters. The number of hydrogen-bond acceptors (Lipinski definition) is 3. The van der Waals surface area contributed by atoms with E-state index in [0.29, 0.717) is 5.75 Å². The van der Waals surface area contributed by atoms with Gasteiger partial charge in [-0.15, -0.1) is 0 Å². The molecule has 0 aliphatic carbocycles. The molecule has 2 rings (SSSR count). The summed E-state index contributed by atoms with van der Waals surface area (Å²) in [6.07, 6.45) is 3.69. The Labute approximate surface area is 96.6 Å². The van der Waals surface area contributed by atoms with Crippen molar-refractivity contribution in [2.45, 2.75) is 19.3 Å². The molecule has 0 saturated carbocycles. The Balaban J connectivity index is 1.93. The molecule has 1 N–H and O–H groups in total. The van der Waals surface area contributed by atoms with Gasteiger partial charge in [0.15, 0.2) is 11.5 Å². The van der Waals surface area contributed by atoms with Crippen molar-refractivity contribution < 1.29 is 9.84 Å². The van der Waals surface area contributed by atoms with Gasteiger partial charge in [-0.2, -0.15) is 0 Å². The van der Waals surface area contributed by atoms with Crippen LogP contribution in [0.1, 0.15) is 18.4 Å². The molecule has 3 heteroatoms. The van der Waals surface area contributed by atoms with E-state index in [1.165, 1.54) is 31.5 Å². The Kier molecular flexibility index (Phi) is 3.67. The third kappa shape index (κ3) is 2.67. The van der Waals surface area contributed by atoms with E-state index in [-0.39, 0.29) is 5.75 Å². The zero-order valence-corrected chi connectivity index (χ0v) is 9.78. The topological polar surface area (TPSA) is 32.7 Å². The molecule has 1 heterocycles. The number of methoxy groups -OCH3 is 1. The predicted octanol–water partition coefficient (Wildman–Crippen LogP) is 2.04. The molecule has 1 aromatic rings. The summed E-state index contributed by atoms with van der Waals surface area (Å²) in [5.74, 6) is 0.784. The van der Waals surface area contributed by atoms with E-state index in [0.717, 1.165) is 13.0 Å². The first-order valence-corrected chi connectivity index (χ1v) is 5.88. The normalized spacial score (nSPS) is 16.6. The molecular weight excluding hydrogens is 202 g/mol. The van der Waals surface area contributed by atoms with Crippen molar-refractivity contribution >= 4 is 0 Å². The van der Waals surface area contributed by atoms with Gasteiger partial charge >= 0.3 is 0 Å². The Morgan fingerprint density at radius 3 is 2.75 bits per heavy atom. The highest BCUT2D eigenvalue weighted by molar-refractivity contribution is 5.41. The fourth-order valence-corrected chi connectivity index (χ4v) is 2.17. The van der Waals surface area contributed by atoms with Gasteiger partial charge in [-0.3, -0.25) is 0 Å². The molecule has 0 aromatic heterocycles. The summed E-state index contributed by atoms with van der Waals surface area (Å²) in [4.78, 5) is 2.49. The second-order valence-electron chi connectivity index (χ2n) is 4.30. The molecule has 16 heavy (non-hydrogen) atoms. The van der Waals surface area contributed by atoms with E-state index in [2.05, 4.69) is 4.90 Å². The van der Waals surface area contributed by atoms with Gasteiger partial charge in [-0.1, -0.05) is 6.07 Å². The molecule has 0 amide bonds. The molecule has 1 aliphatic heterocycles. The molecule has 88 valence electrons. The molecule has 1 fully saturated rings. The molecule has 0 atom stereocenters. The highest BCUT2D eigenvalue weighted by atomic mass is 16.5. The molecule has 0 spiro atoms. The first kappa shape index (κ1) is 11.3. The lowest BCUT2D eigenvalue weighted by Crippen LogP contribution is -2.21. The van der Waals surface area contributed by atoms with Crippen LogP contribution < -0.4 is 4.74 Å². The SMILES string of the molecule is COc1cc(CCN2CCCC2)ccc1O. The van der Waals surface area contributed by atoms with Crippen LogP contribution >= 0.6 is 0 Å². The minimum absolute atomic E-state index is 0.215. The molecule has 1 aromatic carbocycles. The highest BCUT2D eigenvalue weighted by Crippen LogP contribution is 2.26. The maximum atomic E-state index is 9.48. The molecule has 0 radical (unpaired) electrons. The standard InChI is InChI=1S/C13H19NO2/c1-16-13-10-11(4-5-12(13)15)6-9-14-7-2-3-8-14/h4-5,10,15H,2-3,6-9H2,1H3. The average molecular weight is 221 g/mol. The van der Waals surface area contributed by atoms with Crippen LogP contribution in [0, 0.1) is 0 Å². The van der Waals surface area contributed by atoms with Gasteiger partial charge in [-0.05, 0) is 50.0 Å². The van der Waals surface area contributed by atoms with E-state index >= 15 is 0 Å². The molecule has 1 saturated heterocycles. The third-order valence-electron chi connectivity index (χ3n) is 3.16. The van der Waals surface area contributed by atoms with Crippen molar-refractivity contribution in [3.05, 3.63) is 23.8 Å². The van der Waals surface area contributed by atoms with Gasteiger partial charge in [0, 0.05) is 6.54 Å². The van der Waals surface area contributed by atoms with Crippen molar-refractivity contribution in [2.75, 3.05) is 26.7 Å². The van der Waals surface area contributed by atoms with E-state index in [9.17, 15) is 5.11 Å². The zero-order chi connectivity index (χ0) is 11.4. The highest BCUT2D eigenvalue weighted by Gasteiger charge is 2.11. The summed E-state index contributed by atoms with van der Waals surface area (Å²) in [6, 6.07) is 5.59. The predicted molar refractivity (Wildman–Crippen MR) is 64.0 cm³/mol.